The second-order valence-corrected chi connectivity index (χ2v) is 1.83. The van der Waals surface area contributed by atoms with Gasteiger partial charge in [0.2, 0.25) is 0 Å². The molecule has 0 rings (SSSR count). The Labute approximate surface area is 69.6 Å². The number of rotatable bonds is 5. The molecule has 0 radical (unpaired) electrons. The maximum absolute atomic E-state index is 10.3. The van der Waals surface area contributed by atoms with E-state index in [4.69, 9.17) is 9.84 Å². The fraction of sp³-hybridized carbons (Fsp3) is 0.429. The molecule has 5 heteroatoms. The molecule has 0 amide bonds. The van der Waals surface area contributed by atoms with Crippen molar-refractivity contribution in [2.75, 3.05) is 13.2 Å². The van der Waals surface area contributed by atoms with E-state index in [2.05, 4.69) is 11.3 Å². The summed E-state index contributed by atoms with van der Waals surface area (Å²) in [6.07, 6.45) is 1.71. The Balaban J connectivity index is 3.25. The molecule has 68 valence electrons. The van der Waals surface area contributed by atoms with Gasteiger partial charge in [-0.3, -0.25) is 0 Å². The van der Waals surface area contributed by atoms with Gasteiger partial charge < -0.3 is 14.6 Å². The number of esters is 1. The molecule has 0 bridgehead atoms. The summed E-state index contributed by atoms with van der Waals surface area (Å²) in [4.78, 5) is 20.2. The smallest absolute Gasteiger partial charge is 0.417 e. The van der Waals surface area contributed by atoms with Gasteiger partial charge in [0.05, 0.1) is 19.5 Å². The van der Waals surface area contributed by atoms with E-state index in [1.807, 2.05) is 0 Å². The lowest BCUT2D eigenvalue weighted by atomic mass is 10.5. The SMILES string of the molecule is C=COCCCOC(=O)C(=O)O. The van der Waals surface area contributed by atoms with Gasteiger partial charge in [0.25, 0.3) is 0 Å². The molecule has 0 aromatic rings. The monoisotopic (exact) mass is 174 g/mol. The largest absolute Gasteiger partial charge is 0.502 e. The molecule has 0 saturated heterocycles. The Morgan fingerprint density at radius 3 is 2.58 bits per heavy atom. The zero-order chi connectivity index (χ0) is 9.40. The molecular weight excluding hydrogens is 164 g/mol. The molecule has 0 spiro atoms. The van der Waals surface area contributed by atoms with Gasteiger partial charge in [-0.2, -0.15) is 0 Å². The van der Waals surface area contributed by atoms with Crippen molar-refractivity contribution in [3.8, 4) is 0 Å². The van der Waals surface area contributed by atoms with Gasteiger partial charge in [-0.05, 0) is 0 Å². The Hall–Kier alpha value is -1.52. The molecule has 5 nitrogen and oxygen atoms in total. The molecule has 0 aliphatic carbocycles. The highest BCUT2D eigenvalue weighted by Crippen LogP contribution is 1.86. The third kappa shape index (κ3) is 5.28. The normalized spacial score (nSPS) is 8.67. The molecule has 0 saturated carbocycles. The standard InChI is InChI=1S/C7H10O5/c1-2-11-4-3-5-12-7(10)6(8)9/h2H,1,3-5H2,(H,8,9). The number of carbonyl (C=O) groups excluding carboxylic acids is 1. The van der Waals surface area contributed by atoms with E-state index in [0.717, 1.165) is 0 Å². The lowest BCUT2D eigenvalue weighted by Gasteiger charge is -2.00. The van der Waals surface area contributed by atoms with Crippen molar-refractivity contribution in [1.29, 1.82) is 0 Å². The summed E-state index contributed by atoms with van der Waals surface area (Å²) in [5, 5.41) is 8.06. The lowest BCUT2D eigenvalue weighted by Crippen LogP contribution is -2.17. The van der Waals surface area contributed by atoms with Crippen molar-refractivity contribution in [1.82, 2.24) is 0 Å². The zero-order valence-electron chi connectivity index (χ0n) is 6.49. The number of hydrogen-bond donors (Lipinski definition) is 1. The summed E-state index contributed by atoms with van der Waals surface area (Å²) in [6, 6.07) is 0. The summed E-state index contributed by atoms with van der Waals surface area (Å²) >= 11 is 0. The second-order valence-electron chi connectivity index (χ2n) is 1.83. The summed E-state index contributed by atoms with van der Waals surface area (Å²) in [6.45, 7) is 3.70. The third-order valence-corrected chi connectivity index (χ3v) is 0.932. The van der Waals surface area contributed by atoms with E-state index in [-0.39, 0.29) is 6.61 Å². The number of hydrogen-bond acceptors (Lipinski definition) is 4. The minimum Gasteiger partial charge on any atom is -0.502 e. The van der Waals surface area contributed by atoms with E-state index in [1.54, 1.807) is 0 Å². The van der Waals surface area contributed by atoms with Crippen LogP contribution in [0.4, 0.5) is 0 Å². The van der Waals surface area contributed by atoms with Crippen LogP contribution in [0.3, 0.4) is 0 Å². The maximum Gasteiger partial charge on any atom is 0.417 e. The molecular formula is C7H10O5. The fourth-order valence-corrected chi connectivity index (χ4v) is 0.452. The molecule has 0 fully saturated rings. The molecule has 0 unspecified atom stereocenters. The average Bonchev–Trinajstić information content (AvgIpc) is 2.03. The van der Waals surface area contributed by atoms with Crippen molar-refractivity contribution in [3.63, 3.8) is 0 Å². The number of carbonyl (C=O) groups is 2. The Morgan fingerprint density at radius 2 is 2.08 bits per heavy atom. The third-order valence-electron chi connectivity index (χ3n) is 0.932. The second kappa shape index (κ2) is 6.21. The predicted octanol–water partition coefficient (Wildman–Crippen LogP) is 0.164. The first-order chi connectivity index (χ1) is 5.68. The first-order valence-electron chi connectivity index (χ1n) is 3.31. The summed E-state index contributed by atoms with van der Waals surface area (Å²) in [7, 11) is 0. The maximum atomic E-state index is 10.3. The molecule has 0 atom stereocenters. The van der Waals surface area contributed by atoms with Crippen LogP contribution in [0, 0.1) is 0 Å². The topological polar surface area (TPSA) is 72.8 Å². The summed E-state index contributed by atoms with van der Waals surface area (Å²) in [5.41, 5.74) is 0. The lowest BCUT2D eigenvalue weighted by molar-refractivity contribution is -0.164. The van der Waals surface area contributed by atoms with E-state index >= 15 is 0 Å². The number of carboxylic acid groups (broad SMARTS) is 1. The van der Waals surface area contributed by atoms with Gasteiger partial charge in [-0.1, -0.05) is 6.58 Å². The highest BCUT2D eigenvalue weighted by atomic mass is 16.6. The zero-order valence-corrected chi connectivity index (χ0v) is 6.49. The van der Waals surface area contributed by atoms with E-state index in [9.17, 15) is 9.59 Å². The molecule has 0 aliphatic rings. The van der Waals surface area contributed by atoms with Gasteiger partial charge in [-0.25, -0.2) is 9.59 Å². The van der Waals surface area contributed by atoms with Crippen LogP contribution in [0.25, 0.3) is 0 Å². The van der Waals surface area contributed by atoms with Crippen LogP contribution in [-0.4, -0.2) is 30.3 Å². The Bertz CT molecular complexity index is 175. The molecule has 0 heterocycles. The van der Waals surface area contributed by atoms with Crippen molar-refractivity contribution < 1.29 is 24.2 Å². The van der Waals surface area contributed by atoms with E-state index in [1.165, 1.54) is 6.26 Å². The predicted molar refractivity (Wildman–Crippen MR) is 39.4 cm³/mol. The van der Waals surface area contributed by atoms with Gasteiger partial charge in [0.1, 0.15) is 0 Å². The highest BCUT2D eigenvalue weighted by Gasteiger charge is 2.11. The molecule has 0 aromatic heterocycles. The minimum absolute atomic E-state index is 0.0406. The van der Waals surface area contributed by atoms with E-state index < -0.39 is 11.9 Å². The van der Waals surface area contributed by atoms with Crippen LogP contribution in [-0.2, 0) is 19.1 Å². The first-order valence-corrected chi connectivity index (χ1v) is 3.31. The average molecular weight is 174 g/mol. The molecule has 12 heavy (non-hydrogen) atoms. The van der Waals surface area contributed by atoms with Gasteiger partial charge in [0.15, 0.2) is 0 Å². The number of carboxylic acids is 1. The van der Waals surface area contributed by atoms with Crippen molar-refractivity contribution in [2.45, 2.75) is 6.42 Å². The molecule has 0 aromatic carbocycles. The van der Waals surface area contributed by atoms with Crippen LogP contribution in [0.5, 0.6) is 0 Å². The van der Waals surface area contributed by atoms with Crippen molar-refractivity contribution in [3.05, 3.63) is 12.8 Å². The summed E-state index contributed by atoms with van der Waals surface area (Å²) in [5.74, 6) is -2.83. The van der Waals surface area contributed by atoms with Gasteiger partial charge in [0, 0.05) is 6.42 Å². The van der Waals surface area contributed by atoms with Crippen LogP contribution in [0.2, 0.25) is 0 Å². The van der Waals surface area contributed by atoms with Crippen molar-refractivity contribution >= 4 is 11.9 Å². The Kier molecular flexibility index (Phi) is 5.42. The molecule has 0 aliphatic heterocycles. The van der Waals surface area contributed by atoms with Gasteiger partial charge in [-0.15, -0.1) is 0 Å². The minimum atomic E-state index is -1.58. The summed E-state index contributed by atoms with van der Waals surface area (Å²) < 4.78 is 9.00. The van der Waals surface area contributed by atoms with E-state index in [0.29, 0.717) is 13.0 Å². The highest BCUT2D eigenvalue weighted by molar-refractivity contribution is 6.28. The van der Waals surface area contributed by atoms with Crippen LogP contribution in [0.1, 0.15) is 6.42 Å². The van der Waals surface area contributed by atoms with Crippen LogP contribution < -0.4 is 0 Å². The fourth-order valence-electron chi connectivity index (χ4n) is 0.452. The number of aliphatic carboxylic acids is 1. The molecule has 1 N–H and O–H groups in total. The van der Waals surface area contributed by atoms with Crippen LogP contribution >= 0.6 is 0 Å². The number of ether oxygens (including phenoxy) is 2. The van der Waals surface area contributed by atoms with Crippen LogP contribution in [0.15, 0.2) is 12.8 Å². The first kappa shape index (κ1) is 10.5. The van der Waals surface area contributed by atoms with Gasteiger partial charge >= 0.3 is 11.9 Å². The van der Waals surface area contributed by atoms with Crippen molar-refractivity contribution in [2.24, 2.45) is 0 Å². The Morgan fingerprint density at radius 1 is 1.42 bits per heavy atom. The quantitative estimate of drug-likeness (QED) is 0.278.